The van der Waals surface area contributed by atoms with Gasteiger partial charge in [-0.1, -0.05) is 45.4 Å². The molecular formula is C18H33N. The molecule has 0 saturated heterocycles. The summed E-state index contributed by atoms with van der Waals surface area (Å²) in [5.41, 5.74) is 0.736. The van der Waals surface area contributed by atoms with Gasteiger partial charge >= 0.3 is 0 Å². The van der Waals surface area contributed by atoms with E-state index >= 15 is 0 Å². The Bertz CT molecular complexity index is 271. The van der Waals surface area contributed by atoms with Crippen molar-refractivity contribution in [2.45, 2.75) is 102 Å². The average Bonchev–Trinajstić information content (AvgIpc) is 2.49. The standard InChI is InChI=1S/C18H33N/c1-2-16(15-9-5-3-6-10-15)19-17-11-14-18(17)12-7-4-8-13-18/h15-17,19H,2-14H2,1H3. The minimum atomic E-state index is 0.736. The summed E-state index contributed by atoms with van der Waals surface area (Å²) < 4.78 is 0. The predicted octanol–water partition coefficient (Wildman–Crippen LogP) is 5.05. The molecule has 0 aromatic carbocycles. The first-order valence-corrected chi connectivity index (χ1v) is 9.10. The third kappa shape index (κ3) is 2.86. The van der Waals surface area contributed by atoms with Crippen LogP contribution in [0.5, 0.6) is 0 Å². The zero-order valence-electron chi connectivity index (χ0n) is 12.9. The molecule has 3 rings (SSSR count). The van der Waals surface area contributed by atoms with Crippen LogP contribution in [0, 0.1) is 11.3 Å². The Morgan fingerprint density at radius 1 is 0.895 bits per heavy atom. The fourth-order valence-electron chi connectivity index (χ4n) is 5.19. The van der Waals surface area contributed by atoms with Gasteiger partial charge < -0.3 is 5.32 Å². The van der Waals surface area contributed by atoms with Gasteiger partial charge in [-0.05, 0) is 56.3 Å². The van der Waals surface area contributed by atoms with Gasteiger partial charge in [-0.15, -0.1) is 0 Å². The normalized spacial score (nSPS) is 33.0. The molecule has 110 valence electrons. The highest BCUT2D eigenvalue weighted by molar-refractivity contribution is 5.03. The van der Waals surface area contributed by atoms with E-state index in [-0.39, 0.29) is 0 Å². The highest BCUT2D eigenvalue weighted by atomic mass is 15.0. The summed E-state index contributed by atoms with van der Waals surface area (Å²) in [5, 5.41) is 4.13. The van der Waals surface area contributed by atoms with Crippen molar-refractivity contribution in [3.05, 3.63) is 0 Å². The third-order valence-corrected chi connectivity index (χ3v) is 6.59. The lowest BCUT2D eigenvalue weighted by Gasteiger charge is -2.54. The molecule has 3 fully saturated rings. The van der Waals surface area contributed by atoms with Crippen LogP contribution in [0.4, 0.5) is 0 Å². The van der Waals surface area contributed by atoms with E-state index in [1.165, 1.54) is 83.5 Å². The summed E-state index contributed by atoms with van der Waals surface area (Å²) in [4.78, 5) is 0. The van der Waals surface area contributed by atoms with Gasteiger partial charge in [0, 0.05) is 12.1 Å². The molecule has 0 bridgehead atoms. The van der Waals surface area contributed by atoms with E-state index in [2.05, 4.69) is 12.2 Å². The molecule has 0 aliphatic heterocycles. The van der Waals surface area contributed by atoms with Crippen LogP contribution in [-0.4, -0.2) is 12.1 Å². The Hall–Kier alpha value is -0.0400. The minimum absolute atomic E-state index is 0.736. The lowest BCUT2D eigenvalue weighted by Crippen LogP contribution is -2.58. The summed E-state index contributed by atoms with van der Waals surface area (Å²) >= 11 is 0. The van der Waals surface area contributed by atoms with Crippen LogP contribution in [0.2, 0.25) is 0 Å². The molecule has 2 atom stereocenters. The SMILES string of the molecule is CCC(NC1CCC12CCCCC2)C1CCCCC1. The van der Waals surface area contributed by atoms with Crippen molar-refractivity contribution >= 4 is 0 Å². The average molecular weight is 263 g/mol. The predicted molar refractivity (Wildman–Crippen MR) is 82.3 cm³/mol. The smallest absolute Gasteiger partial charge is 0.0126 e. The first kappa shape index (κ1) is 13.9. The van der Waals surface area contributed by atoms with Crippen molar-refractivity contribution in [3.63, 3.8) is 0 Å². The summed E-state index contributed by atoms with van der Waals surface area (Å²) in [5.74, 6) is 0.986. The largest absolute Gasteiger partial charge is 0.310 e. The van der Waals surface area contributed by atoms with Crippen LogP contribution in [0.3, 0.4) is 0 Å². The van der Waals surface area contributed by atoms with E-state index in [9.17, 15) is 0 Å². The maximum atomic E-state index is 4.13. The van der Waals surface area contributed by atoms with Crippen molar-refractivity contribution in [1.82, 2.24) is 5.32 Å². The summed E-state index contributed by atoms with van der Waals surface area (Å²) in [6, 6.07) is 1.70. The molecule has 1 spiro atoms. The quantitative estimate of drug-likeness (QED) is 0.748. The van der Waals surface area contributed by atoms with E-state index < -0.39 is 0 Å². The molecule has 3 aliphatic rings. The van der Waals surface area contributed by atoms with Crippen molar-refractivity contribution in [3.8, 4) is 0 Å². The van der Waals surface area contributed by atoms with Crippen molar-refractivity contribution in [2.24, 2.45) is 11.3 Å². The molecule has 19 heavy (non-hydrogen) atoms. The molecule has 0 aromatic rings. The molecule has 1 heteroatoms. The second-order valence-electron chi connectivity index (χ2n) is 7.59. The summed E-state index contributed by atoms with van der Waals surface area (Å²) in [6.45, 7) is 2.40. The van der Waals surface area contributed by atoms with Crippen LogP contribution in [0.15, 0.2) is 0 Å². The Balaban J connectivity index is 1.56. The monoisotopic (exact) mass is 263 g/mol. The van der Waals surface area contributed by atoms with Gasteiger partial charge in [0.15, 0.2) is 0 Å². The third-order valence-electron chi connectivity index (χ3n) is 6.59. The number of rotatable bonds is 4. The molecular weight excluding hydrogens is 230 g/mol. The Morgan fingerprint density at radius 3 is 2.16 bits per heavy atom. The Morgan fingerprint density at radius 2 is 1.58 bits per heavy atom. The first-order chi connectivity index (χ1) is 9.34. The minimum Gasteiger partial charge on any atom is -0.310 e. The van der Waals surface area contributed by atoms with Crippen molar-refractivity contribution < 1.29 is 0 Å². The van der Waals surface area contributed by atoms with E-state index in [1.807, 2.05) is 0 Å². The van der Waals surface area contributed by atoms with Gasteiger partial charge in [0.1, 0.15) is 0 Å². The van der Waals surface area contributed by atoms with Gasteiger partial charge in [0.2, 0.25) is 0 Å². The van der Waals surface area contributed by atoms with E-state index in [1.54, 1.807) is 0 Å². The number of hydrogen-bond donors (Lipinski definition) is 1. The van der Waals surface area contributed by atoms with E-state index in [0.717, 1.165) is 23.4 Å². The maximum Gasteiger partial charge on any atom is 0.0126 e. The molecule has 2 unspecified atom stereocenters. The lowest BCUT2D eigenvalue weighted by atomic mass is 9.57. The molecule has 0 radical (unpaired) electrons. The Kier molecular flexibility index (Phi) is 4.51. The van der Waals surface area contributed by atoms with Crippen LogP contribution in [0.25, 0.3) is 0 Å². The van der Waals surface area contributed by atoms with Crippen LogP contribution < -0.4 is 5.32 Å². The van der Waals surface area contributed by atoms with Gasteiger partial charge in [0.25, 0.3) is 0 Å². The topological polar surface area (TPSA) is 12.0 Å². The van der Waals surface area contributed by atoms with Gasteiger partial charge in [-0.2, -0.15) is 0 Å². The molecule has 0 heterocycles. The number of hydrogen-bond acceptors (Lipinski definition) is 1. The van der Waals surface area contributed by atoms with Gasteiger partial charge in [-0.3, -0.25) is 0 Å². The molecule has 0 amide bonds. The molecule has 1 N–H and O–H groups in total. The van der Waals surface area contributed by atoms with Crippen LogP contribution >= 0.6 is 0 Å². The second kappa shape index (κ2) is 6.16. The van der Waals surface area contributed by atoms with Crippen molar-refractivity contribution in [1.29, 1.82) is 0 Å². The van der Waals surface area contributed by atoms with Crippen LogP contribution in [0.1, 0.15) is 90.4 Å². The Labute approximate surface area is 119 Å². The second-order valence-corrected chi connectivity index (χ2v) is 7.59. The van der Waals surface area contributed by atoms with Gasteiger partial charge in [-0.25, -0.2) is 0 Å². The highest BCUT2D eigenvalue weighted by Crippen LogP contribution is 2.52. The zero-order valence-corrected chi connectivity index (χ0v) is 12.9. The molecule has 1 nitrogen and oxygen atoms in total. The maximum absolute atomic E-state index is 4.13. The number of nitrogens with one attached hydrogen (secondary N) is 1. The van der Waals surface area contributed by atoms with Crippen LogP contribution in [-0.2, 0) is 0 Å². The summed E-state index contributed by atoms with van der Waals surface area (Å²) in [7, 11) is 0. The lowest BCUT2D eigenvalue weighted by molar-refractivity contribution is 0.00947. The van der Waals surface area contributed by atoms with Gasteiger partial charge in [0.05, 0.1) is 0 Å². The summed E-state index contributed by atoms with van der Waals surface area (Å²) in [6.07, 6.45) is 19.3. The zero-order chi connectivity index (χ0) is 13.1. The molecule has 3 saturated carbocycles. The van der Waals surface area contributed by atoms with E-state index in [0.29, 0.717) is 0 Å². The first-order valence-electron chi connectivity index (χ1n) is 9.10. The highest BCUT2D eigenvalue weighted by Gasteiger charge is 2.47. The van der Waals surface area contributed by atoms with E-state index in [4.69, 9.17) is 0 Å². The van der Waals surface area contributed by atoms with Crippen molar-refractivity contribution in [2.75, 3.05) is 0 Å². The fourth-order valence-corrected chi connectivity index (χ4v) is 5.19. The molecule has 0 aromatic heterocycles. The fraction of sp³-hybridized carbons (Fsp3) is 1.00. The molecule has 3 aliphatic carbocycles.